The minimum absolute atomic E-state index is 0.317. The highest BCUT2D eigenvalue weighted by Crippen LogP contribution is 2.27. The maximum Gasteiger partial charge on any atom is 0.111 e. The van der Waals surface area contributed by atoms with Crippen molar-refractivity contribution in [3.63, 3.8) is 0 Å². The molecule has 1 N–H and O–H groups in total. The summed E-state index contributed by atoms with van der Waals surface area (Å²) in [6, 6.07) is 10.6. The first kappa shape index (κ1) is 16.0. The van der Waals surface area contributed by atoms with Gasteiger partial charge in [0.15, 0.2) is 0 Å². The third-order valence-corrected chi connectivity index (χ3v) is 4.61. The van der Waals surface area contributed by atoms with E-state index in [1.165, 1.54) is 5.56 Å². The smallest absolute Gasteiger partial charge is 0.111 e. The summed E-state index contributed by atoms with van der Waals surface area (Å²) in [5, 5.41) is 22.3. The Labute approximate surface area is 146 Å². The lowest BCUT2D eigenvalue weighted by atomic mass is 10.0. The van der Waals surface area contributed by atoms with Crippen LogP contribution < -0.4 is 0 Å². The normalized spacial score (nSPS) is 16.8. The Morgan fingerprint density at radius 3 is 2.64 bits per heavy atom. The zero-order valence-electron chi connectivity index (χ0n) is 14.4. The quantitative estimate of drug-likeness (QED) is 0.768. The van der Waals surface area contributed by atoms with Gasteiger partial charge in [0.25, 0.3) is 0 Å². The van der Waals surface area contributed by atoms with Crippen LogP contribution in [0.3, 0.4) is 0 Å². The van der Waals surface area contributed by atoms with Gasteiger partial charge in [-0.2, -0.15) is 5.10 Å². The molecule has 1 aliphatic heterocycles. The van der Waals surface area contributed by atoms with Gasteiger partial charge in [-0.05, 0) is 6.92 Å². The van der Waals surface area contributed by atoms with Gasteiger partial charge >= 0.3 is 0 Å². The molecule has 1 aliphatic rings. The van der Waals surface area contributed by atoms with Gasteiger partial charge in [-0.15, -0.1) is 5.10 Å². The second-order valence-corrected chi connectivity index (χ2v) is 6.69. The number of aryl methyl sites for hydroxylation is 1. The number of hydrogen-bond donors (Lipinski definition) is 1. The van der Waals surface area contributed by atoms with Crippen molar-refractivity contribution in [2.24, 2.45) is 7.05 Å². The van der Waals surface area contributed by atoms with Crippen LogP contribution in [0, 0.1) is 0 Å². The number of aliphatic hydroxyl groups excluding tert-OH is 1. The molecule has 0 amide bonds. The summed E-state index contributed by atoms with van der Waals surface area (Å²) in [4.78, 5) is 2.37. The van der Waals surface area contributed by atoms with Crippen molar-refractivity contribution >= 4 is 0 Å². The third kappa shape index (κ3) is 3.20. The molecule has 1 fully saturated rings. The predicted molar refractivity (Wildman–Crippen MR) is 93.6 cm³/mol. The molecule has 130 valence electrons. The van der Waals surface area contributed by atoms with Crippen LogP contribution in [0.4, 0.5) is 0 Å². The number of nitrogens with zero attached hydrogens (tertiary/aromatic N) is 6. The summed E-state index contributed by atoms with van der Waals surface area (Å²) in [6.07, 6.45) is 3.36. The summed E-state index contributed by atoms with van der Waals surface area (Å²) in [5.74, 6) is 0. The first-order valence-electron chi connectivity index (χ1n) is 8.50. The Bertz CT molecular complexity index is 848. The lowest BCUT2D eigenvalue weighted by Crippen LogP contribution is -2.47. The van der Waals surface area contributed by atoms with E-state index in [1.54, 1.807) is 6.92 Å². The average molecular weight is 338 g/mol. The first-order chi connectivity index (χ1) is 12.1. The molecule has 0 aliphatic carbocycles. The monoisotopic (exact) mass is 338 g/mol. The van der Waals surface area contributed by atoms with E-state index < -0.39 is 6.10 Å². The predicted octanol–water partition coefficient (Wildman–Crippen LogP) is 1.79. The van der Waals surface area contributed by atoms with Crippen molar-refractivity contribution in [3.8, 4) is 11.3 Å². The van der Waals surface area contributed by atoms with Crippen LogP contribution in [0.2, 0.25) is 0 Å². The number of hydrogen-bond acceptors (Lipinski definition) is 5. The molecule has 3 heterocycles. The minimum atomic E-state index is -0.575. The van der Waals surface area contributed by atoms with Gasteiger partial charge in [0, 0.05) is 44.0 Å². The largest absolute Gasteiger partial charge is 0.387 e. The van der Waals surface area contributed by atoms with E-state index in [0.29, 0.717) is 11.7 Å². The molecule has 0 bridgehead atoms. The van der Waals surface area contributed by atoms with Crippen molar-refractivity contribution in [2.75, 3.05) is 13.1 Å². The topological polar surface area (TPSA) is 72.0 Å². The fourth-order valence-corrected chi connectivity index (χ4v) is 3.23. The minimum Gasteiger partial charge on any atom is -0.387 e. The van der Waals surface area contributed by atoms with Gasteiger partial charge < -0.3 is 5.11 Å². The molecule has 1 atom stereocenters. The Kier molecular flexibility index (Phi) is 4.10. The fraction of sp³-hybridized carbons (Fsp3) is 0.389. The molecule has 7 nitrogen and oxygen atoms in total. The van der Waals surface area contributed by atoms with E-state index in [4.69, 9.17) is 0 Å². The van der Waals surface area contributed by atoms with E-state index in [9.17, 15) is 5.11 Å². The second kappa shape index (κ2) is 6.42. The van der Waals surface area contributed by atoms with Crippen LogP contribution in [0.25, 0.3) is 11.3 Å². The van der Waals surface area contributed by atoms with Crippen molar-refractivity contribution in [1.82, 2.24) is 29.7 Å². The molecule has 0 saturated carbocycles. The summed E-state index contributed by atoms with van der Waals surface area (Å²) < 4.78 is 3.74. The number of aliphatic hydroxyl groups is 1. The number of benzene rings is 1. The summed E-state index contributed by atoms with van der Waals surface area (Å²) >= 11 is 0. The Balaban J connectivity index is 1.43. The molecule has 2 aromatic heterocycles. The van der Waals surface area contributed by atoms with E-state index in [-0.39, 0.29) is 0 Å². The molecule has 3 aromatic rings. The highest BCUT2D eigenvalue weighted by molar-refractivity contribution is 5.62. The molecule has 1 aromatic carbocycles. The van der Waals surface area contributed by atoms with Crippen molar-refractivity contribution < 1.29 is 5.11 Å². The van der Waals surface area contributed by atoms with Crippen molar-refractivity contribution in [1.29, 1.82) is 0 Å². The first-order valence-corrected chi connectivity index (χ1v) is 8.50. The maximum absolute atomic E-state index is 9.56. The van der Waals surface area contributed by atoms with Crippen LogP contribution in [0.15, 0.2) is 42.7 Å². The molecule has 1 saturated heterocycles. The number of aromatic nitrogens is 5. The molecule has 4 rings (SSSR count). The summed E-state index contributed by atoms with van der Waals surface area (Å²) in [7, 11) is 1.96. The number of rotatable bonds is 5. The van der Waals surface area contributed by atoms with E-state index in [0.717, 1.165) is 30.9 Å². The Morgan fingerprint density at radius 2 is 1.96 bits per heavy atom. The van der Waals surface area contributed by atoms with Gasteiger partial charge in [0.2, 0.25) is 0 Å². The molecule has 7 heteroatoms. The van der Waals surface area contributed by atoms with Crippen LogP contribution >= 0.6 is 0 Å². The van der Waals surface area contributed by atoms with Crippen molar-refractivity contribution in [3.05, 3.63) is 54.0 Å². The molecular formula is C18H22N6O. The lowest BCUT2D eigenvalue weighted by molar-refractivity contribution is 0.0897. The van der Waals surface area contributed by atoms with Gasteiger partial charge in [0.05, 0.1) is 24.0 Å². The number of likely N-dealkylation sites (tertiary alicyclic amines) is 1. The van der Waals surface area contributed by atoms with Gasteiger partial charge in [-0.3, -0.25) is 9.58 Å². The highest BCUT2D eigenvalue weighted by Gasteiger charge is 2.30. The Morgan fingerprint density at radius 1 is 1.20 bits per heavy atom. The van der Waals surface area contributed by atoms with Gasteiger partial charge in [-0.1, -0.05) is 35.5 Å². The van der Waals surface area contributed by atoms with Gasteiger partial charge in [-0.25, -0.2) is 4.68 Å². The second-order valence-electron chi connectivity index (χ2n) is 6.69. The fourth-order valence-electron chi connectivity index (χ4n) is 3.23. The maximum atomic E-state index is 9.56. The van der Waals surface area contributed by atoms with Crippen LogP contribution in [-0.2, 0) is 13.6 Å². The summed E-state index contributed by atoms with van der Waals surface area (Å²) in [6.45, 7) is 4.42. The molecule has 1 unspecified atom stereocenters. The van der Waals surface area contributed by atoms with E-state index >= 15 is 0 Å². The zero-order valence-corrected chi connectivity index (χ0v) is 14.4. The standard InChI is InChI=1S/C18H22N6O/c1-13(25)17-12-24(21-19-17)16-10-23(11-16)9-15-8-22(2)20-18(15)14-6-4-3-5-7-14/h3-8,12-13,16,25H,9-11H2,1-2H3. The summed E-state index contributed by atoms with van der Waals surface area (Å²) in [5.41, 5.74) is 4.05. The molecule has 25 heavy (non-hydrogen) atoms. The van der Waals surface area contributed by atoms with E-state index in [2.05, 4.69) is 38.6 Å². The zero-order chi connectivity index (χ0) is 17.4. The third-order valence-electron chi connectivity index (χ3n) is 4.61. The van der Waals surface area contributed by atoms with Crippen LogP contribution in [0.1, 0.15) is 30.3 Å². The highest BCUT2D eigenvalue weighted by atomic mass is 16.3. The van der Waals surface area contributed by atoms with Crippen LogP contribution in [0.5, 0.6) is 0 Å². The van der Waals surface area contributed by atoms with Gasteiger partial charge in [0.1, 0.15) is 5.69 Å². The molecule has 0 spiro atoms. The van der Waals surface area contributed by atoms with Crippen molar-refractivity contribution in [2.45, 2.75) is 25.6 Å². The SMILES string of the molecule is CC(O)c1cn(C2CN(Cc3cn(C)nc3-c3ccccc3)C2)nn1. The lowest BCUT2D eigenvalue weighted by Gasteiger charge is -2.38. The van der Waals surface area contributed by atoms with E-state index in [1.807, 2.05) is 40.8 Å². The average Bonchev–Trinajstić information content (AvgIpc) is 3.18. The van der Waals surface area contributed by atoms with Crippen LogP contribution in [-0.4, -0.2) is 47.9 Å². The molecule has 0 radical (unpaired) electrons. The Hall–Kier alpha value is -2.51. The molecular weight excluding hydrogens is 316 g/mol.